The molecular weight excluding hydrogens is 400 g/mol. The summed E-state index contributed by atoms with van der Waals surface area (Å²) in [5, 5.41) is 12.7. The molecule has 0 aliphatic rings. The Morgan fingerprint density at radius 2 is 0.781 bits per heavy atom. The molecule has 0 aromatic rings. The van der Waals surface area contributed by atoms with E-state index in [1.165, 1.54) is 77.0 Å². The highest BCUT2D eigenvalue weighted by molar-refractivity contribution is 5.83. The topological polar surface area (TPSA) is 82.3 Å². The predicted molar refractivity (Wildman–Crippen MR) is 137 cm³/mol. The zero-order valence-corrected chi connectivity index (χ0v) is 21.4. The molecule has 190 valence electrons. The molecule has 0 spiro atoms. The highest BCUT2D eigenvalue weighted by Crippen LogP contribution is 2.04. The van der Waals surface area contributed by atoms with Gasteiger partial charge in [-0.3, -0.25) is 9.59 Å². The lowest BCUT2D eigenvalue weighted by molar-refractivity contribution is -0.126. The SMILES string of the molecule is CCCCCCCCNCCCNC(=O)CCC(=O)NCCCNCCCCCCCC. The zero-order chi connectivity index (χ0) is 23.5. The smallest absolute Gasteiger partial charge is 0.220 e. The molecule has 0 rings (SSSR count). The monoisotopic (exact) mass is 454 g/mol. The Morgan fingerprint density at radius 3 is 1.19 bits per heavy atom. The van der Waals surface area contributed by atoms with Gasteiger partial charge in [0.2, 0.25) is 11.8 Å². The van der Waals surface area contributed by atoms with E-state index >= 15 is 0 Å². The molecule has 32 heavy (non-hydrogen) atoms. The van der Waals surface area contributed by atoms with Crippen molar-refractivity contribution in [2.45, 2.75) is 117 Å². The van der Waals surface area contributed by atoms with E-state index in [1.54, 1.807) is 0 Å². The molecule has 0 unspecified atom stereocenters. The number of hydrogen-bond acceptors (Lipinski definition) is 4. The Hall–Kier alpha value is -1.14. The summed E-state index contributed by atoms with van der Waals surface area (Å²) >= 11 is 0. The molecule has 0 radical (unpaired) electrons. The van der Waals surface area contributed by atoms with Gasteiger partial charge in [-0.15, -0.1) is 0 Å². The summed E-state index contributed by atoms with van der Waals surface area (Å²) in [6.07, 6.45) is 18.2. The summed E-state index contributed by atoms with van der Waals surface area (Å²) in [4.78, 5) is 23.7. The van der Waals surface area contributed by atoms with Crippen molar-refractivity contribution in [2.75, 3.05) is 39.3 Å². The van der Waals surface area contributed by atoms with Gasteiger partial charge < -0.3 is 21.3 Å². The number of unbranched alkanes of at least 4 members (excludes halogenated alkanes) is 10. The molecule has 0 fully saturated rings. The maximum atomic E-state index is 11.8. The number of hydrogen-bond donors (Lipinski definition) is 4. The van der Waals surface area contributed by atoms with Gasteiger partial charge in [-0.2, -0.15) is 0 Å². The van der Waals surface area contributed by atoms with Crippen molar-refractivity contribution in [2.24, 2.45) is 0 Å². The number of carbonyl (C=O) groups is 2. The molecule has 0 aromatic heterocycles. The second-order valence-corrected chi connectivity index (χ2v) is 8.94. The molecule has 6 nitrogen and oxygen atoms in total. The van der Waals surface area contributed by atoms with E-state index in [0.717, 1.165) is 39.0 Å². The fourth-order valence-electron chi connectivity index (χ4n) is 3.60. The first kappa shape index (κ1) is 30.9. The zero-order valence-electron chi connectivity index (χ0n) is 21.4. The van der Waals surface area contributed by atoms with Crippen molar-refractivity contribution in [1.82, 2.24) is 21.3 Å². The molecule has 4 N–H and O–H groups in total. The number of rotatable bonds is 25. The van der Waals surface area contributed by atoms with Crippen molar-refractivity contribution in [1.29, 1.82) is 0 Å². The minimum absolute atomic E-state index is 0.0309. The molecule has 0 aliphatic carbocycles. The van der Waals surface area contributed by atoms with Crippen LogP contribution in [0.25, 0.3) is 0 Å². The summed E-state index contributed by atoms with van der Waals surface area (Å²) < 4.78 is 0. The fourth-order valence-corrected chi connectivity index (χ4v) is 3.60. The average molecular weight is 455 g/mol. The van der Waals surface area contributed by atoms with Crippen LogP contribution in [0, 0.1) is 0 Å². The lowest BCUT2D eigenvalue weighted by Gasteiger charge is -2.08. The molecule has 6 heteroatoms. The largest absolute Gasteiger partial charge is 0.356 e. The van der Waals surface area contributed by atoms with Crippen LogP contribution in [-0.4, -0.2) is 51.1 Å². The summed E-state index contributed by atoms with van der Waals surface area (Å²) in [5.41, 5.74) is 0. The van der Waals surface area contributed by atoms with Crippen molar-refractivity contribution in [3.63, 3.8) is 0 Å². The second-order valence-electron chi connectivity index (χ2n) is 8.94. The van der Waals surface area contributed by atoms with Crippen LogP contribution in [0.3, 0.4) is 0 Å². The lowest BCUT2D eigenvalue weighted by atomic mass is 10.1. The van der Waals surface area contributed by atoms with Crippen molar-refractivity contribution in [3.05, 3.63) is 0 Å². The van der Waals surface area contributed by atoms with Crippen molar-refractivity contribution in [3.8, 4) is 0 Å². The van der Waals surface area contributed by atoms with Gasteiger partial charge >= 0.3 is 0 Å². The van der Waals surface area contributed by atoms with Crippen LogP contribution < -0.4 is 21.3 Å². The second kappa shape index (κ2) is 26.1. The van der Waals surface area contributed by atoms with Crippen LogP contribution in [0.15, 0.2) is 0 Å². The molecule has 0 aromatic carbocycles. The van der Waals surface area contributed by atoms with Gasteiger partial charge in [0.05, 0.1) is 0 Å². The third-order valence-corrected chi connectivity index (χ3v) is 5.70. The normalized spacial score (nSPS) is 10.9. The first-order valence-corrected chi connectivity index (χ1v) is 13.7. The lowest BCUT2D eigenvalue weighted by Crippen LogP contribution is -2.31. The Bertz CT molecular complexity index is 381. The van der Waals surface area contributed by atoms with E-state index < -0.39 is 0 Å². The Labute approximate surface area is 198 Å². The van der Waals surface area contributed by atoms with E-state index in [0.29, 0.717) is 13.1 Å². The van der Waals surface area contributed by atoms with E-state index in [1.807, 2.05) is 0 Å². The van der Waals surface area contributed by atoms with Gasteiger partial charge in [-0.1, -0.05) is 78.1 Å². The predicted octanol–water partition coefficient (Wildman–Crippen LogP) is 4.68. The molecule has 2 amide bonds. The van der Waals surface area contributed by atoms with Crippen molar-refractivity contribution >= 4 is 11.8 Å². The molecule has 0 bridgehead atoms. The van der Waals surface area contributed by atoms with Crippen LogP contribution in [-0.2, 0) is 9.59 Å². The van der Waals surface area contributed by atoms with Crippen LogP contribution in [0.1, 0.15) is 117 Å². The first-order valence-electron chi connectivity index (χ1n) is 13.7. The third-order valence-electron chi connectivity index (χ3n) is 5.70. The molecule has 0 saturated heterocycles. The van der Waals surface area contributed by atoms with Crippen LogP contribution in [0.5, 0.6) is 0 Å². The summed E-state index contributed by atoms with van der Waals surface area (Å²) in [6.45, 7) is 9.83. The van der Waals surface area contributed by atoms with Crippen molar-refractivity contribution < 1.29 is 9.59 Å². The molecule has 0 heterocycles. The summed E-state index contributed by atoms with van der Waals surface area (Å²) in [5.74, 6) is -0.0617. The molecule has 0 atom stereocenters. The van der Waals surface area contributed by atoms with E-state index in [-0.39, 0.29) is 24.7 Å². The number of amides is 2. The quantitative estimate of drug-likeness (QED) is 0.151. The van der Waals surface area contributed by atoms with Gasteiger partial charge in [0.15, 0.2) is 0 Å². The van der Waals surface area contributed by atoms with Crippen LogP contribution in [0.4, 0.5) is 0 Å². The Morgan fingerprint density at radius 1 is 0.438 bits per heavy atom. The van der Waals surface area contributed by atoms with Gasteiger partial charge in [0.25, 0.3) is 0 Å². The fraction of sp³-hybridized carbons (Fsp3) is 0.923. The number of nitrogens with one attached hydrogen (secondary N) is 4. The third kappa shape index (κ3) is 25.1. The first-order chi connectivity index (χ1) is 15.7. The minimum atomic E-state index is -0.0309. The van der Waals surface area contributed by atoms with Gasteiger partial charge in [-0.05, 0) is 51.9 Å². The van der Waals surface area contributed by atoms with E-state index in [9.17, 15) is 9.59 Å². The number of carbonyl (C=O) groups excluding carboxylic acids is 2. The standard InChI is InChI=1S/C26H54N4O2/c1-3-5-7-9-11-13-19-27-21-15-23-29-25(31)17-18-26(32)30-24-16-22-28-20-14-12-10-8-6-4-2/h27-28H,3-24H2,1-2H3,(H,29,31)(H,30,32). The average Bonchev–Trinajstić information content (AvgIpc) is 2.79. The minimum Gasteiger partial charge on any atom is -0.356 e. The Kier molecular flexibility index (Phi) is 25.2. The van der Waals surface area contributed by atoms with Crippen LogP contribution in [0.2, 0.25) is 0 Å². The van der Waals surface area contributed by atoms with E-state index in [4.69, 9.17) is 0 Å². The molecule has 0 aliphatic heterocycles. The summed E-state index contributed by atoms with van der Waals surface area (Å²) in [7, 11) is 0. The molecule has 0 saturated carbocycles. The maximum Gasteiger partial charge on any atom is 0.220 e. The van der Waals surface area contributed by atoms with Gasteiger partial charge in [-0.25, -0.2) is 0 Å². The van der Waals surface area contributed by atoms with Gasteiger partial charge in [0, 0.05) is 25.9 Å². The highest BCUT2D eigenvalue weighted by atomic mass is 16.2. The van der Waals surface area contributed by atoms with E-state index in [2.05, 4.69) is 35.1 Å². The highest BCUT2D eigenvalue weighted by Gasteiger charge is 2.06. The molecular formula is C26H54N4O2. The van der Waals surface area contributed by atoms with Gasteiger partial charge in [0.1, 0.15) is 0 Å². The summed E-state index contributed by atoms with van der Waals surface area (Å²) in [6, 6.07) is 0. The Balaban J connectivity index is 3.30. The maximum absolute atomic E-state index is 11.8. The van der Waals surface area contributed by atoms with Crippen LogP contribution >= 0.6 is 0 Å².